The zero-order valence-electron chi connectivity index (χ0n) is 13.9. The molecule has 1 N–H and O–H groups in total. The van der Waals surface area contributed by atoms with Gasteiger partial charge in [-0.2, -0.15) is 0 Å². The maximum absolute atomic E-state index is 12.6. The standard InChI is InChI=1S/C19H18N2O5/c22-18(10-13-5-4-8-15(9-13)21(25)26)20-11-16(17(12-20)19(23)24)14-6-2-1-3-7-14/h1-9,16-17H,10-12H2,(H,23,24)/t16-,17-/m1/s1. The molecule has 2 atom stereocenters. The average Bonchev–Trinajstić information content (AvgIpc) is 3.08. The average molecular weight is 354 g/mol. The predicted molar refractivity (Wildman–Crippen MR) is 93.7 cm³/mol. The van der Waals surface area contributed by atoms with Gasteiger partial charge in [-0.15, -0.1) is 0 Å². The fourth-order valence-corrected chi connectivity index (χ4v) is 3.36. The number of carbonyl (C=O) groups excluding carboxylic acids is 1. The van der Waals surface area contributed by atoms with Gasteiger partial charge in [-0.3, -0.25) is 19.7 Å². The van der Waals surface area contributed by atoms with Gasteiger partial charge in [0.2, 0.25) is 5.91 Å². The molecule has 1 fully saturated rings. The number of nitro benzene ring substituents is 1. The lowest BCUT2D eigenvalue weighted by molar-refractivity contribution is -0.384. The quantitative estimate of drug-likeness (QED) is 0.656. The number of nitrogens with zero attached hydrogens (tertiary/aromatic N) is 2. The second kappa shape index (κ2) is 7.35. The first kappa shape index (κ1) is 17.6. The van der Waals surface area contributed by atoms with Gasteiger partial charge in [0.05, 0.1) is 17.3 Å². The van der Waals surface area contributed by atoms with Gasteiger partial charge in [0, 0.05) is 31.1 Å². The summed E-state index contributed by atoms with van der Waals surface area (Å²) in [6.45, 7) is 0.470. The molecule has 7 heteroatoms. The van der Waals surface area contributed by atoms with E-state index >= 15 is 0 Å². The highest BCUT2D eigenvalue weighted by atomic mass is 16.6. The summed E-state index contributed by atoms with van der Waals surface area (Å²) in [7, 11) is 0. The molecule has 3 rings (SSSR count). The van der Waals surface area contributed by atoms with Crippen molar-refractivity contribution < 1.29 is 19.6 Å². The minimum Gasteiger partial charge on any atom is -0.481 e. The molecule has 1 saturated heterocycles. The molecule has 0 radical (unpaired) electrons. The molecule has 0 unspecified atom stereocenters. The largest absolute Gasteiger partial charge is 0.481 e. The Labute approximate surface area is 150 Å². The third-order valence-corrected chi connectivity index (χ3v) is 4.69. The van der Waals surface area contributed by atoms with Crippen LogP contribution in [0.4, 0.5) is 5.69 Å². The summed E-state index contributed by atoms with van der Waals surface area (Å²) in [5.41, 5.74) is 1.37. The van der Waals surface area contributed by atoms with E-state index in [0.29, 0.717) is 12.1 Å². The molecule has 1 heterocycles. The van der Waals surface area contributed by atoms with E-state index in [-0.39, 0.29) is 30.5 Å². The fraction of sp³-hybridized carbons (Fsp3) is 0.263. The SMILES string of the molecule is O=C(O)[C@@H]1CN(C(=O)Cc2cccc([N+](=O)[O-])c2)C[C@@H]1c1ccccc1. The van der Waals surface area contributed by atoms with Gasteiger partial charge in [0.25, 0.3) is 5.69 Å². The van der Waals surface area contributed by atoms with Crippen molar-refractivity contribution in [1.82, 2.24) is 4.90 Å². The molecule has 0 saturated carbocycles. The van der Waals surface area contributed by atoms with Crippen molar-refractivity contribution in [1.29, 1.82) is 0 Å². The van der Waals surface area contributed by atoms with Gasteiger partial charge in [-0.25, -0.2) is 0 Å². The van der Waals surface area contributed by atoms with Crippen LogP contribution in [-0.4, -0.2) is 39.9 Å². The number of likely N-dealkylation sites (tertiary alicyclic amines) is 1. The Bertz CT molecular complexity index is 837. The van der Waals surface area contributed by atoms with Crippen molar-refractivity contribution in [3.8, 4) is 0 Å². The number of carbonyl (C=O) groups is 2. The first-order valence-electron chi connectivity index (χ1n) is 8.24. The van der Waals surface area contributed by atoms with E-state index in [2.05, 4.69) is 0 Å². The van der Waals surface area contributed by atoms with Crippen molar-refractivity contribution in [2.75, 3.05) is 13.1 Å². The highest BCUT2D eigenvalue weighted by molar-refractivity contribution is 5.81. The number of non-ortho nitro benzene ring substituents is 1. The summed E-state index contributed by atoms with van der Waals surface area (Å²) in [5, 5.41) is 20.4. The van der Waals surface area contributed by atoms with Crippen molar-refractivity contribution >= 4 is 17.6 Å². The van der Waals surface area contributed by atoms with E-state index < -0.39 is 16.8 Å². The minimum absolute atomic E-state index is 0.00945. The molecular formula is C19H18N2O5. The van der Waals surface area contributed by atoms with E-state index in [1.807, 2.05) is 30.3 Å². The summed E-state index contributed by atoms with van der Waals surface area (Å²) < 4.78 is 0. The van der Waals surface area contributed by atoms with Crippen LogP contribution in [0.1, 0.15) is 17.0 Å². The Balaban J connectivity index is 1.75. The van der Waals surface area contributed by atoms with Gasteiger partial charge >= 0.3 is 5.97 Å². The molecule has 2 aromatic rings. The van der Waals surface area contributed by atoms with Crippen LogP contribution in [0.2, 0.25) is 0 Å². The zero-order chi connectivity index (χ0) is 18.7. The molecular weight excluding hydrogens is 336 g/mol. The van der Waals surface area contributed by atoms with Crippen LogP contribution >= 0.6 is 0 Å². The summed E-state index contributed by atoms with van der Waals surface area (Å²) in [4.78, 5) is 36.1. The third kappa shape index (κ3) is 3.72. The lowest BCUT2D eigenvalue weighted by Crippen LogP contribution is -2.31. The van der Waals surface area contributed by atoms with Gasteiger partial charge < -0.3 is 10.0 Å². The van der Waals surface area contributed by atoms with E-state index in [9.17, 15) is 24.8 Å². The van der Waals surface area contributed by atoms with Gasteiger partial charge in [-0.1, -0.05) is 42.5 Å². The Hall–Kier alpha value is -3.22. The maximum atomic E-state index is 12.6. The van der Waals surface area contributed by atoms with Gasteiger partial charge in [0.15, 0.2) is 0 Å². The molecule has 0 bridgehead atoms. The number of benzene rings is 2. The lowest BCUT2D eigenvalue weighted by Gasteiger charge is -2.16. The molecule has 1 aliphatic heterocycles. The number of hydrogen-bond acceptors (Lipinski definition) is 4. The monoisotopic (exact) mass is 354 g/mol. The molecule has 0 aliphatic carbocycles. The van der Waals surface area contributed by atoms with Crippen LogP contribution in [0.15, 0.2) is 54.6 Å². The number of nitro groups is 1. The molecule has 1 aliphatic rings. The molecule has 134 valence electrons. The number of aliphatic carboxylic acids is 1. The van der Waals surface area contributed by atoms with Crippen LogP contribution < -0.4 is 0 Å². The fourth-order valence-electron chi connectivity index (χ4n) is 3.36. The van der Waals surface area contributed by atoms with Crippen LogP contribution in [-0.2, 0) is 16.0 Å². The normalized spacial score (nSPS) is 19.3. The predicted octanol–water partition coefficient (Wildman–Crippen LogP) is 2.46. The van der Waals surface area contributed by atoms with Crippen LogP contribution in [0.25, 0.3) is 0 Å². The Morgan fingerprint density at radius 3 is 2.50 bits per heavy atom. The summed E-state index contributed by atoms with van der Waals surface area (Å²) in [6.07, 6.45) is 0.00945. The molecule has 0 aromatic heterocycles. The van der Waals surface area contributed by atoms with Crippen LogP contribution in [0.3, 0.4) is 0 Å². The van der Waals surface area contributed by atoms with E-state index in [0.717, 1.165) is 5.56 Å². The van der Waals surface area contributed by atoms with Crippen molar-refractivity contribution in [2.45, 2.75) is 12.3 Å². The van der Waals surface area contributed by atoms with E-state index in [1.165, 1.54) is 23.1 Å². The van der Waals surface area contributed by atoms with Gasteiger partial charge in [0.1, 0.15) is 0 Å². The van der Waals surface area contributed by atoms with Crippen LogP contribution in [0, 0.1) is 16.0 Å². The van der Waals surface area contributed by atoms with Gasteiger partial charge in [-0.05, 0) is 11.1 Å². The first-order chi connectivity index (χ1) is 12.5. The zero-order valence-corrected chi connectivity index (χ0v) is 13.9. The number of hydrogen-bond donors (Lipinski definition) is 1. The second-order valence-corrected chi connectivity index (χ2v) is 6.36. The third-order valence-electron chi connectivity index (χ3n) is 4.69. The van der Waals surface area contributed by atoms with Crippen LogP contribution in [0.5, 0.6) is 0 Å². The van der Waals surface area contributed by atoms with Crippen molar-refractivity contribution in [3.05, 3.63) is 75.8 Å². The Morgan fingerprint density at radius 1 is 1.12 bits per heavy atom. The molecule has 2 aromatic carbocycles. The molecule has 26 heavy (non-hydrogen) atoms. The van der Waals surface area contributed by atoms with E-state index in [4.69, 9.17) is 0 Å². The topological polar surface area (TPSA) is 101 Å². The summed E-state index contributed by atoms with van der Waals surface area (Å²) >= 11 is 0. The van der Waals surface area contributed by atoms with Crippen molar-refractivity contribution in [3.63, 3.8) is 0 Å². The molecule has 1 amide bonds. The maximum Gasteiger partial charge on any atom is 0.308 e. The minimum atomic E-state index is -0.926. The van der Waals surface area contributed by atoms with E-state index in [1.54, 1.807) is 6.07 Å². The first-order valence-corrected chi connectivity index (χ1v) is 8.24. The number of carboxylic acid groups (broad SMARTS) is 1. The van der Waals surface area contributed by atoms with Crippen molar-refractivity contribution in [2.24, 2.45) is 5.92 Å². The smallest absolute Gasteiger partial charge is 0.308 e. The second-order valence-electron chi connectivity index (χ2n) is 6.36. The number of carboxylic acids is 1. The Morgan fingerprint density at radius 2 is 1.85 bits per heavy atom. The Kier molecular flexibility index (Phi) is 4.97. The number of amides is 1. The lowest BCUT2D eigenvalue weighted by atomic mass is 9.89. The highest BCUT2D eigenvalue weighted by Crippen LogP contribution is 2.33. The highest BCUT2D eigenvalue weighted by Gasteiger charge is 2.40. The molecule has 7 nitrogen and oxygen atoms in total. The molecule has 0 spiro atoms. The number of rotatable bonds is 5. The summed E-state index contributed by atoms with van der Waals surface area (Å²) in [5.74, 6) is -2.08. The summed E-state index contributed by atoms with van der Waals surface area (Å²) in [6, 6.07) is 15.2.